The van der Waals surface area contributed by atoms with Crippen molar-refractivity contribution in [3.63, 3.8) is 0 Å². The Hall–Kier alpha value is -3.77. The lowest BCUT2D eigenvalue weighted by Crippen LogP contribution is -2.57. The molecule has 0 spiro atoms. The summed E-state index contributed by atoms with van der Waals surface area (Å²) in [6, 6.07) is 7.78. The van der Waals surface area contributed by atoms with E-state index in [1.54, 1.807) is 30.5 Å². The normalized spacial score (nSPS) is 18.5. The molecule has 1 amide bonds. The van der Waals surface area contributed by atoms with E-state index in [1.807, 2.05) is 31.9 Å². The maximum Gasteiger partial charge on any atom is 0.410 e. The van der Waals surface area contributed by atoms with E-state index >= 15 is 8.78 Å². The number of carbonyl (C=O) groups excluding carboxylic acids is 1. The van der Waals surface area contributed by atoms with Gasteiger partial charge in [0, 0.05) is 37.3 Å². The van der Waals surface area contributed by atoms with E-state index in [2.05, 4.69) is 14.9 Å². The number of pyridine rings is 1. The van der Waals surface area contributed by atoms with Gasteiger partial charge in [0.15, 0.2) is 17.8 Å². The molecule has 226 valence electrons. The fourth-order valence-electron chi connectivity index (χ4n) is 5.98. The van der Waals surface area contributed by atoms with Gasteiger partial charge in [-0.25, -0.2) is 23.5 Å². The number of rotatable bonds is 6. The second kappa shape index (κ2) is 11.4. The number of fused-ring (bicyclic) bond motifs is 4. The summed E-state index contributed by atoms with van der Waals surface area (Å²) in [5.74, 6) is -0.233. The van der Waals surface area contributed by atoms with Crippen molar-refractivity contribution in [2.75, 3.05) is 38.1 Å². The molecule has 4 aromatic rings. The second-order valence-electron chi connectivity index (χ2n) is 11.8. The van der Waals surface area contributed by atoms with Gasteiger partial charge in [-0.05, 0) is 63.5 Å². The third-order valence-electron chi connectivity index (χ3n) is 7.71. The number of halogens is 2. The van der Waals surface area contributed by atoms with Crippen LogP contribution in [-0.2, 0) is 9.47 Å². The van der Waals surface area contributed by atoms with Gasteiger partial charge in [-0.2, -0.15) is 0 Å². The monoisotopic (exact) mass is 609 g/mol. The minimum atomic E-state index is -0.680. The highest BCUT2D eigenvalue weighted by Crippen LogP contribution is 2.40. The summed E-state index contributed by atoms with van der Waals surface area (Å²) in [5, 5.41) is 1.61. The van der Waals surface area contributed by atoms with Crippen LogP contribution in [0.3, 0.4) is 0 Å². The van der Waals surface area contributed by atoms with Crippen LogP contribution in [0.15, 0.2) is 41.7 Å². The Labute approximate surface area is 252 Å². The number of nitrogens with zero attached hydrogens (tertiary/aromatic N) is 5. The van der Waals surface area contributed by atoms with Crippen LogP contribution in [0.25, 0.3) is 32.9 Å². The maximum absolute atomic E-state index is 16.5. The summed E-state index contributed by atoms with van der Waals surface area (Å²) < 4.78 is 48.0. The minimum Gasteiger partial charge on any atom is -0.468 e. The Kier molecular flexibility index (Phi) is 7.76. The minimum absolute atomic E-state index is 0.0231. The molecule has 2 atom stereocenters. The predicted molar refractivity (Wildman–Crippen MR) is 162 cm³/mol. The number of hydrogen-bond acceptors (Lipinski definition) is 9. The van der Waals surface area contributed by atoms with Crippen molar-refractivity contribution in [3.05, 3.63) is 48.2 Å². The van der Waals surface area contributed by atoms with Gasteiger partial charge in [0.1, 0.15) is 34.2 Å². The average Bonchev–Trinajstić information content (AvgIpc) is 3.24. The first-order chi connectivity index (χ1) is 20.6. The van der Waals surface area contributed by atoms with Gasteiger partial charge in [0.2, 0.25) is 0 Å². The molecule has 9 nitrogen and oxygen atoms in total. The van der Waals surface area contributed by atoms with Crippen molar-refractivity contribution >= 4 is 45.3 Å². The van der Waals surface area contributed by atoms with Crippen LogP contribution < -0.4 is 9.64 Å². The van der Waals surface area contributed by atoms with Gasteiger partial charge < -0.3 is 19.1 Å². The molecule has 2 fully saturated rings. The third-order valence-corrected chi connectivity index (χ3v) is 8.26. The molecule has 2 saturated heterocycles. The summed E-state index contributed by atoms with van der Waals surface area (Å²) in [7, 11) is 1.50. The summed E-state index contributed by atoms with van der Waals surface area (Å²) in [4.78, 5) is 30.7. The first-order valence-electron chi connectivity index (χ1n) is 14.1. The lowest BCUT2D eigenvalue weighted by molar-refractivity contribution is 0.0123. The van der Waals surface area contributed by atoms with Gasteiger partial charge >= 0.3 is 6.09 Å². The SMILES string of the molecule is COCOc1cc(-c2ncc3c(N4CC5CCC(C4)N5C(=O)OC(C)(C)C)nc(SC)nc3c2F)c2c(F)cccc2c1. The number of methoxy groups -OCH3 is 1. The Morgan fingerprint density at radius 2 is 1.86 bits per heavy atom. The van der Waals surface area contributed by atoms with E-state index in [1.165, 1.54) is 24.9 Å². The first-order valence-corrected chi connectivity index (χ1v) is 15.3. The smallest absolute Gasteiger partial charge is 0.410 e. The van der Waals surface area contributed by atoms with Crippen molar-refractivity contribution in [1.29, 1.82) is 0 Å². The van der Waals surface area contributed by atoms with Crippen LogP contribution in [-0.4, -0.2) is 76.9 Å². The van der Waals surface area contributed by atoms with Crippen molar-refractivity contribution in [2.24, 2.45) is 0 Å². The highest BCUT2D eigenvalue weighted by atomic mass is 32.2. The number of benzene rings is 2. The number of aromatic nitrogens is 3. The second-order valence-corrected chi connectivity index (χ2v) is 12.5. The Morgan fingerprint density at radius 1 is 1.12 bits per heavy atom. The molecule has 0 saturated carbocycles. The summed E-state index contributed by atoms with van der Waals surface area (Å²) in [6.45, 7) is 6.59. The molecular weight excluding hydrogens is 576 g/mol. The average molecular weight is 610 g/mol. The molecule has 2 aliphatic rings. The van der Waals surface area contributed by atoms with E-state index in [0.717, 1.165) is 12.8 Å². The molecule has 0 radical (unpaired) electrons. The van der Waals surface area contributed by atoms with Crippen LogP contribution in [0.5, 0.6) is 5.75 Å². The number of ether oxygens (including phenoxy) is 3. The number of anilines is 1. The molecule has 2 unspecified atom stereocenters. The number of amides is 1. The van der Waals surface area contributed by atoms with Crippen molar-refractivity contribution in [2.45, 2.75) is 56.5 Å². The molecule has 4 heterocycles. The third kappa shape index (κ3) is 5.53. The van der Waals surface area contributed by atoms with Gasteiger partial charge in [-0.15, -0.1) is 0 Å². The zero-order chi connectivity index (χ0) is 30.5. The number of hydrogen-bond donors (Lipinski definition) is 0. The molecule has 2 bridgehead atoms. The standard InChI is InChI=1S/C31H33F2N5O4S/c1-31(2,3)42-30(39)38-18-9-10-19(38)15-37(14-18)28-22-13-34-26(25(33)27(22)35-29(36-28)43-5)21-12-20(41-16-40-4)11-17-7-6-8-23(32)24(17)21/h6-8,11-13,18-19H,9-10,14-16H2,1-5H3. The summed E-state index contributed by atoms with van der Waals surface area (Å²) >= 11 is 1.30. The number of carbonyl (C=O) groups is 1. The Morgan fingerprint density at radius 3 is 2.53 bits per heavy atom. The van der Waals surface area contributed by atoms with Gasteiger partial charge in [0.05, 0.1) is 17.5 Å². The largest absolute Gasteiger partial charge is 0.468 e. The van der Waals surface area contributed by atoms with E-state index in [4.69, 9.17) is 19.2 Å². The highest BCUT2D eigenvalue weighted by Gasteiger charge is 2.45. The fraction of sp³-hybridized carbons (Fsp3) is 0.419. The van der Waals surface area contributed by atoms with Gasteiger partial charge in [0.25, 0.3) is 0 Å². The van der Waals surface area contributed by atoms with E-state index in [-0.39, 0.29) is 47.1 Å². The molecular formula is C31H33F2N5O4S. The van der Waals surface area contributed by atoms with Crippen LogP contribution in [0.4, 0.5) is 19.4 Å². The number of piperazine rings is 1. The zero-order valence-corrected chi connectivity index (χ0v) is 25.5. The van der Waals surface area contributed by atoms with E-state index < -0.39 is 17.2 Å². The predicted octanol–water partition coefficient (Wildman–Crippen LogP) is 6.42. The molecule has 2 aromatic carbocycles. The van der Waals surface area contributed by atoms with Gasteiger partial charge in [-0.1, -0.05) is 23.9 Å². The Bertz CT molecular complexity index is 1700. The quantitative estimate of drug-likeness (QED) is 0.140. The maximum atomic E-state index is 16.5. The van der Waals surface area contributed by atoms with Crippen LogP contribution in [0.1, 0.15) is 33.6 Å². The van der Waals surface area contributed by atoms with Crippen molar-refractivity contribution < 1.29 is 27.8 Å². The molecule has 2 aliphatic heterocycles. The van der Waals surface area contributed by atoms with Crippen molar-refractivity contribution in [3.8, 4) is 17.0 Å². The zero-order valence-electron chi connectivity index (χ0n) is 24.7. The molecule has 12 heteroatoms. The molecule has 6 rings (SSSR count). The lowest BCUT2D eigenvalue weighted by Gasteiger charge is -2.42. The van der Waals surface area contributed by atoms with Crippen LogP contribution in [0, 0.1) is 11.6 Å². The first kappa shape index (κ1) is 29.3. The number of thioether (sulfide) groups is 1. The molecule has 0 aliphatic carbocycles. The van der Waals surface area contributed by atoms with E-state index in [0.29, 0.717) is 40.6 Å². The van der Waals surface area contributed by atoms with Gasteiger partial charge in [-0.3, -0.25) is 9.88 Å². The molecule has 43 heavy (non-hydrogen) atoms. The highest BCUT2D eigenvalue weighted by molar-refractivity contribution is 7.98. The van der Waals surface area contributed by atoms with Crippen LogP contribution >= 0.6 is 11.8 Å². The fourth-order valence-corrected chi connectivity index (χ4v) is 6.34. The van der Waals surface area contributed by atoms with Crippen LogP contribution in [0.2, 0.25) is 0 Å². The topological polar surface area (TPSA) is 89.9 Å². The summed E-state index contributed by atoms with van der Waals surface area (Å²) in [6.07, 6.45) is 4.75. The van der Waals surface area contributed by atoms with E-state index in [9.17, 15) is 4.79 Å². The lowest BCUT2D eigenvalue weighted by atomic mass is 9.99. The van der Waals surface area contributed by atoms with Crippen molar-refractivity contribution in [1.82, 2.24) is 19.9 Å². The summed E-state index contributed by atoms with van der Waals surface area (Å²) in [5.41, 5.74) is -0.295. The molecule has 0 N–H and O–H groups in total. The Balaban J connectivity index is 1.43. The molecule has 2 aromatic heterocycles.